The molecule has 1 fully saturated rings. The van der Waals surface area contributed by atoms with Crippen LogP contribution in [0.4, 0.5) is 0 Å². The number of ether oxygens (including phenoxy) is 1. The van der Waals surface area contributed by atoms with Gasteiger partial charge in [-0.1, -0.05) is 37.6 Å². The lowest BCUT2D eigenvalue weighted by molar-refractivity contribution is -0.156. The van der Waals surface area contributed by atoms with Gasteiger partial charge in [0, 0.05) is 5.02 Å². The molecule has 0 bridgehead atoms. The summed E-state index contributed by atoms with van der Waals surface area (Å²) in [5.74, 6) is 0.271. The Morgan fingerprint density at radius 2 is 1.86 bits per heavy atom. The zero-order valence-corrected chi connectivity index (χ0v) is 14.6. The van der Waals surface area contributed by atoms with Gasteiger partial charge in [0.1, 0.15) is 5.54 Å². The van der Waals surface area contributed by atoms with Crippen molar-refractivity contribution in [2.24, 2.45) is 17.1 Å². The van der Waals surface area contributed by atoms with E-state index < -0.39 is 5.54 Å². The molecular weight excluding hydrogens is 298 g/mol. The highest BCUT2D eigenvalue weighted by molar-refractivity contribution is 6.30. The van der Waals surface area contributed by atoms with Crippen LogP contribution in [-0.4, -0.2) is 12.1 Å². The molecular formula is C18H26ClNO2. The highest BCUT2D eigenvalue weighted by Crippen LogP contribution is 2.50. The minimum Gasteiger partial charge on any atom is -0.461 e. The normalized spacial score (nSPS) is 18.1. The molecule has 22 heavy (non-hydrogen) atoms. The Kier molecular flexibility index (Phi) is 4.88. The second kappa shape index (κ2) is 6.21. The summed E-state index contributed by atoms with van der Waals surface area (Å²) >= 11 is 5.96. The minimum absolute atomic E-state index is 0.00435. The highest BCUT2D eigenvalue weighted by atomic mass is 35.5. The van der Waals surface area contributed by atoms with Crippen molar-refractivity contribution in [1.82, 2.24) is 0 Å². The van der Waals surface area contributed by atoms with Crippen LogP contribution in [0.15, 0.2) is 24.3 Å². The predicted octanol–water partition coefficient (Wildman–Crippen LogP) is 4.27. The molecule has 0 aliphatic heterocycles. The first kappa shape index (κ1) is 17.3. The zero-order chi connectivity index (χ0) is 16.5. The number of hydrogen-bond donors (Lipinski definition) is 1. The molecule has 0 aromatic heterocycles. The number of hydrogen-bond acceptors (Lipinski definition) is 3. The van der Waals surface area contributed by atoms with Gasteiger partial charge >= 0.3 is 5.97 Å². The van der Waals surface area contributed by atoms with E-state index >= 15 is 0 Å². The quantitative estimate of drug-likeness (QED) is 0.795. The smallest absolute Gasteiger partial charge is 0.331 e. The average molecular weight is 324 g/mol. The van der Waals surface area contributed by atoms with Crippen molar-refractivity contribution >= 4 is 17.6 Å². The Morgan fingerprint density at radius 3 is 2.32 bits per heavy atom. The van der Waals surface area contributed by atoms with E-state index in [2.05, 4.69) is 13.8 Å². The topological polar surface area (TPSA) is 52.3 Å². The Hall–Kier alpha value is -1.06. The maximum absolute atomic E-state index is 12.7. The van der Waals surface area contributed by atoms with E-state index in [-0.39, 0.29) is 17.5 Å². The van der Waals surface area contributed by atoms with Crippen molar-refractivity contribution in [2.45, 2.75) is 58.6 Å². The Bertz CT molecular complexity index is 535. The molecule has 1 aromatic carbocycles. The van der Waals surface area contributed by atoms with Crippen LogP contribution in [0.3, 0.4) is 0 Å². The third-order valence-corrected chi connectivity index (χ3v) is 4.74. The van der Waals surface area contributed by atoms with Gasteiger partial charge in [-0.05, 0) is 62.1 Å². The van der Waals surface area contributed by atoms with Crippen LogP contribution in [0.1, 0.15) is 52.5 Å². The molecule has 1 saturated carbocycles. The maximum atomic E-state index is 12.7. The number of carbonyl (C=O) groups is 1. The van der Waals surface area contributed by atoms with E-state index in [0.29, 0.717) is 17.4 Å². The van der Waals surface area contributed by atoms with Crippen LogP contribution in [0.25, 0.3) is 0 Å². The predicted molar refractivity (Wildman–Crippen MR) is 89.7 cm³/mol. The van der Waals surface area contributed by atoms with Gasteiger partial charge in [0.2, 0.25) is 0 Å². The van der Waals surface area contributed by atoms with Crippen molar-refractivity contribution in [3.63, 3.8) is 0 Å². The molecule has 0 amide bonds. The van der Waals surface area contributed by atoms with E-state index in [1.165, 1.54) is 12.8 Å². The number of esters is 1. The molecule has 0 heterocycles. The second-order valence-corrected chi connectivity index (χ2v) is 7.81. The molecule has 2 N–H and O–H groups in total. The molecule has 0 radical (unpaired) electrons. The first-order valence-electron chi connectivity index (χ1n) is 7.91. The Balaban J connectivity index is 2.34. The summed E-state index contributed by atoms with van der Waals surface area (Å²) in [4.78, 5) is 12.7. The lowest BCUT2D eigenvalue weighted by Crippen LogP contribution is -2.50. The molecule has 1 unspecified atom stereocenters. The van der Waals surface area contributed by atoms with Gasteiger partial charge in [-0.3, -0.25) is 0 Å². The number of halogens is 1. The van der Waals surface area contributed by atoms with Crippen LogP contribution in [0.2, 0.25) is 5.02 Å². The van der Waals surface area contributed by atoms with Gasteiger partial charge in [0.05, 0.1) is 6.10 Å². The molecule has 0 spiro atoms. The summed E-state index contributed by atoms with van der Waals surface area (Å²) in [6.07, 6.45) is 2.80. The van der Waals surface area contributed by atoms with E-state index in [9.17, 15) is 4.79 Å². The molecule has 1 atom stereocenters. The van der Waals surface area contributed by atoms with Crippen LogP contribution >= 0.6 is 11.6 Å². The van der Waals surface area contributed by atoms with Crippen molar-refractivity contribution in [2.75, 3.05) is 0 Å². The lowest BCUT2D eigenvalue weighted by Gasteiger charge is -2.36. The van der Waals surface area contributed by atoms with Crippen molar-refractivity contribution < 1.29 is 9.53 Å². The first-order chi connectivity index (χ1) is 10.1. The van der Waals surface area contributed by atoms with E-state index in [4.69, 9.17) is 22.1 Å². The maximum Gasteiger partial charge on any atom is 0.331 e. The number of nitrogens with two attached hydrogens (primary N) is 1. The average Bonchev–Trinajstić information content (AvgIpc) is 3.22. The summed E-state index contributed by atoms with van der Waals surface area (Å²) in [6, 6.07) is 7.19. The number of rotatable bonds is 6. The number of benzene rings is 1. The van der Waals surface area contributed by atoms with E-state index in [1.54, 1.807) is 12.1 Å². The monoisotopic (exact) mass is 323 g/mol. The van der Waals surface area contributed by atoms with E-state index in [0.717, 1.165) is 5.56 Å². The fourth-order valence-electron chi connectivity index (χ4n) is 3.09. The highest BCUT2D eigenvalue weighted by Gasteiger charge is 2.47. The fraction of sp³-hybridized carbons (Fsp3) is 0.611. The molecule has 3 nitrogen and oxygen atoms in total. The molecule has 0 saturated heterocycles. The molecule has 2 rings (SSSR count). The Morgan fingerprint density at radius 1 is 1.32 bits per heavy atom. The van der Waals surface area contributed by atoms with Crippen LogP contribution in [-0.2, 0) is 15.1 Å². The number of carbonyl (C=O) groups excluding carboxylic acids is 1. The summed E-state index contributed by atoms with van der Waals surface area (Å²) in [6.45, 7) is 8.05. The van der Waals surface area contributed by atoms with Gasteiger partial charge < -0.3 is 10.5 Å². The fourth-order valence-corrected chi connectivity index (χ4v) is 3.21. The zero-order valence-electron chi connectivity index (χ0n) is 13.9. The third-order valence-electron chi connectivity index (χ3n) is 4.48. The Labute approximate surface area is 138 Å². The van der Waals surface area contributed by atoms with Gasteiger partial charge in [-0.25, -0.2) is 4.79 Å². The molecule has 1 aliphatic rings. The minimum atomic E-state index is -1.14. The third kappa shape index (κ3) is 3.82. The van der Waals surface area contributed by atoms with Gasteiger partial charge in [0.25, 0.3) is 0 Å². The molecule has 1 aliphatic carbocycles. The van der Waals surface area contributed by atoms with Crippen molar-refractivity contribution in [3.8, 4) is 0 Å². The van der Waals surface area contributed by atoms with Gasteiger partial charge in [-0.15, -0.1) is 0 Å². The van der Waals surface area contributed by atoms with Crippen molar-refractivity contribution in [1.29, 1.82) is 0 Å². The second-order valence-electron chi connectivity index (χ2n) is 7.37. The molecule has 4 heteroatoms. The van der Waals surface area contributed by atoms with Crippen LogP contribution < -0.4 is 5.73 Å². The van der Waals surface area contributed by atoms with Gasteiger partial charge in [-0.2, -0.15) is 0 Å². The standard InChI is InChI=1S/C18H26ClNO2/c1-12(2)22-16(21)18(20,11-17(3,4)13-5-6-13)14-7-9-15(19)10-8-14/h7-10,12-13H,5-6,11,20H2,1-4H3. The molecule has 122 valence electrons. The van der Waals surface area contributed by atoms with Crippen LogP contribution in [0, 0.1) is 11.3 Å². The largest absolute Gasteiger partial charge is 0.461 e. The summed E-state index contributed by atoms with van der Waals surface area (Å²) in [5, 5.41) is 0.629. The van der Waals surface area contributed by atoms with Crippen LogP contribution in [0.5, 0.6) is 0 Å². The van der Waals surface area contributed by atoms with Gasteiger partial charge in [0.15, 0.2) is 0 Å². The molecule has 1 aromatic rings. The SMILES string of the molecule is CC(C)OC(=O)C(N)(CC(C)(C)C1CC1)c1ccc(Cl)cc1. The van der Waals surface area contributed by atoms with Crippen molar-refractivity contribution in [3.05, 3.63) is 34.9 Å². The summed E-state index contributed by atoms with van der Waals surface area (Å²) in [5.41, 5.74) is 6.22. The van der Waals surface area contributed by atoms with E-state index in [1.807, 2.05) is 26.0 Å². The summed E-state index contributed by atoms with van der Waals surface area (Å²) < 4.78 is 5.45. The lowest BCUT2D eigenvalue weighted by atomic mass is 9.72. The summed E-state index contributed by atoms with van der Waals surface area (Å²) in [7, 11) is 0. The first-order valence-corrected chi connectivity index (χ1v) is 8.29.